The van der Waals surface area contributed by atoms with Crippen LogP contribution in [0.3, 0.4) is 0 Å². The van der Waals surface area contributed by atoms with Gasteiger partial charge in [0.2, 0.25) is 0 Å². The SMILES string of the molecule is COC(=O)c1sc(C(=O)OC)c(Br)c1O. The van der Waals surface area contributed by atoms with Gasteiger partial charge in [-0.05, 0) is 15.9 Å². The lowest BCUT2D eigenvalue weighted by atomic mass is 10.4. The summed E-state index contributed by atoms with van der Waals surface area (Å²) in [5.41, 5.74) is 0. The number of thiophene rings is 1. The van der Waals surface area contributed by atoms with Crippen LogP contribution in [-0.4, -0.2) is 31.3 Å². The van der Waals surface area contributed by atoms with Crippen molar-refractivity contribution in [2.24, 2.45) is 0 Å². The monoisotopic (exact) mass is 294 g/mol. The van der Waals surface area contributed by atoms with Gasteiger partial charge in [0.1, 0.15) is 4.88 Å². The van der Waals surface area contributed by atoms with Crippen molar-refractivity contribution in [2.75, 3.05) is 14.2 Å². The van der Waals surface area contributed by atoms with E-state index in [1.54, 1.807) is 0 Å². The maximum atomic E-state index is 11.2. The molecule has 1 aromatic rings. The fourth-order valence-electron chi connectivity index (χ4n) is 0.857. The van der Waals surface area contributed by atoms with Crippen LogP contribution in [0.25, 0.3) is 0 Å². The maximum absolute atomic E-state index is 11.2. The molecule has 15 heavy (non-hydrogen) atoms. The minimum absolute atomic E-state index is 0.0372. The fourth-order valence-corrected chi connectivity index (χ4v) is 2.51. The van der Waals surface area contributed by atoms with Gasteiger partial charge in [0.15, 0.2) is 10.6 Å². The molecule has 1 heterocycles. The van der Waals surface area contributed by atoms with E-state index in [1.165, 1.54) is 14.2 Å². The molecule has 7 heteroatoms. The Morgan fingerprint density at radius 2 is 1.67 bits per heavy atom. The fraction of sp³-hybridized carbons (Fsp3) is 0.250. The van der Waals surface area contributed by atoms with Crippen molar-refractivity contribution in [3.05, 3.63) is 14.2 Å². The average molecular weight is 295 g/mol. The van der Waals surface area contributed by atoms with Crippen LogP contribution >= 0.6 is 27.3 Å². The predicted molar refractivity (Wildman–Crippen MR) is 56.4 cm³/mol. The van der Waals surface area contributed by atoms with Crippen molar-refractivity contribution in [1.29, 1.82) is 0 Å². The second kappa shape index (κ2) is 4.63. The van der Waals surface area contributed by atoms with Crippen LogP contribution in [0.15, 0.2) is 4.47 Å². The third-order valence-corrected chi connectivity index (χ3v) is 3.74. The third kappa shape index (κ3) is 2.13. The molecule has 0 unspecified atom stereocenters. The summed E-state index contributed by atoms with van der Waals surface area (Å²) < 4.78 is 9.05. The number of rotatable bonds is 2. The molecule has 0 amide bonds. The lowest BCUT2D eigenvalue weighted by Gasteiger charge is -1.94. The minimum atomic E-state index is -0.701. The summed E-state index contributed by atoms with van der Waals surface area (Å²) in [5, 5.41) is 9.52. The summed E-state index contributed by atoms with van der Waals surface area (Å²) in [4.78, 5) is 22.5. The Kier molecular flexibility index (Phi) is 3.70. The average Bonchev–Trinajstić information content (AvgIpc) is 2.54. The van der Waals surface area contributed by atoms with E-state index in [-0.39, 0.29) is 20.0 Å². The Morgan fingerprint density at radius 1 is 1.20 bits per heavy atom. The van der Waals surface area contributed by atoms with E-state index in [1.807, 2.05) is 0 Å². The smallest absolute Gasteiger partial charge is 0.351 e. The van der Waals surface area contributed by atoms with Gasteiger partial charge in [0.05, 0.1) is 18.7 Å². The zero-order valence-corrected chi connectivity index (χ0v) is 10.3. The number of carbonyl (C=O) groups is 2. The van der Waals surface area contributed by atoms with Gasteiger partial charge in [0.25, 0.3) is 0 Å². The van der Waals surface area contributed by atoms with Gasteiger partial charge in [0, 0.05) is 0 Å². The van der Waals surface area contributed by atoms with Crippen LogP contribution in [-0.2, 0) is 9.47 Å². The highest BCUT2D eigenvalue weighted by Gasteiger charge is 2.25. The summed E-state index contributed by atoms with van der Waals surface area (Å²) in [6.07, 6.45) is 0. The summed E-state index contributed by atoms with van der Waals surface area (Å²) in [6, 6.07) is 0. The summed E-state index contributed by atoms with van der Waals surface area (Å²) in [5.74, 6) is -1.64. The summed E-state index contributed by atoms with van der Waals surface area (Å²) >= 11 is 3.80. The molecule has 1 N–H and O–H groups in total. The van der Waals surface area contributed by atoms with Crippen LogP contribution in [0.5, 0.6) is 5.75 Å². The van der Waals surface area contributed by atoms with Crippen molar-refractivity contribution < 1.29 is 24.2 Å². The molecule has 0 spiro atoms. The van der Waals surface area contributed by atoms with Crippen molar-refractivity contribution in [3.63, 3.8) is 0 Å². The maximum Gasteiger partial charge on any atom is 0.351 e. The molecule has 0 aliphatic rings. The normalized spacial score (nSPS) is 9.80. The van der Waals surface area contributed by atoms with E-state index in [0.29, 0.717) is 0 Å². The molecule has 0 bridgehead atoms. The summed E-state index contributed by atoms with van der Waals surface area (Å²) in [7, 11) is 2.40. The molecule has 0 aliphatic carbocycles. The van der Waals surface area contributed by atoms with Gasteiger partial charge in [-0.25, -0.2) is 9.59 Å². The Morgan fingerprint density at radius 3 is 2.13 bits per heavy atom. The molecule has 0 aliphatic heterocycles. The van der Waals surface area contributed by atoms with E-state index in [0.717, 1.165) is 11.3 Å². The number of ether oxygens (including phenoxy) is 2. The Labute approximate surface area is 97.7 Å². The molecule has 0 atom stereocenters. The molecule has 82 valence electrons. The standard InChI is InChI=1S/C8H7BrO5S/c1-13-7(11)5-3(9)4(10)6(15-5)8(12)14-2/h10H,1-2H3. The predicted octanol–water partition coefficient (Wildman–Crippen LogP) is 1.79. The Hall–Kier alpha value is -1.08. The van der Waals surface area contributed by atoms with E-state index in [4.69, 9.17) is 0 Å². The molecular formula is C8H7BrO5S. The number of methoxy groups -OCH3 is 2. The number of carbonyl (C=O) groups excluding carboxylic acids is 2. The lowest BCUT2D eigenvalue weighted by molar-refractivity contribution is 0.0596. The van der Waals surface area contributed by atoms with Gasteiger partial charge in [-0.15, -0.1) is 11.3 Å². The van der Waals surface area contributed by atoms with E-state index < -0.39 is 11.9 Å². The van der Waals surface area contributed by atoms with Crippen LogP contribution in [0, 0.1) is 0 Å². The van der Waals surface area contributed by atoms with Crippen LogP contribution in [0.2, 0.25) is 0 Å². The lowest BCUT2D eigenvalue weighted by Crippen LogP contribution is -1.99. The first-order valence-electron chi connectivity index (χ1n) is 3.70. The highest BCUT2D eigenvalue weighted by atomic mass is 79.9. The first-order valence-corrected chi connectivity index (χ1v) is 5.31. The van der Waals surface area contributed by atoms with E-state index in [2.05, 4.69) is 25.4 Å². The van der Waals surface area contributed by atoms with Gasteiger partial charge in [-0.3, -0.25) is 0 Å². The molecule has 1 aromatic heterocycles. The van der Waals surface area contributed by atoms with Crippen LogP contribution in [0.4, 0.5) is 0 Å². The molecule has 5 nitrogen and oxygen atoms in total. The van der Waals surface area contributed by atoms with E-state index in [9.17, 15) is 14.7 Å². The molecule has 0 radical (unpaired) electrons. The van der Waals surface area contributed by atoms with Crippen molar-refractivity contribution in [2.45, 2.75) is 0 Å². The number of aromatic hydroxyl groups is 1. The molecule has 0 saturated heterocycles. The highest BCUT2D eigenvalue weighted by Crippen LogP contribution is 2.39. The zero-order valence-electron chi connectivity index (χ0n) is 7.87. The van der Waals surface area contributed by atoms with Gasteiger partial charge in [-0.1, -0.05) is 0 Å². The molecule has 0 saturated carbocycles. The quantitative estimate of drug-likeness (QED) is 0.842. The molecule has 0 fully saturated rings. The number of halogens is 1. The molecular weight excluding hydrogens is 288 g/mol. The second-order valence-electron chi connectivity index (χ2n) is 2.41. The second-order valence-corrected chi connectivity index (χ2v) is 4.22. The van der Waals surface area contributed by atoms with Crippen LogP contribution in [0.1, 0.15) is 19.3 Å². The van der Waals surface area contributed by atoms with Gasteiger partial charge >= 0.3 is 11.9 Å². The summed E-state index contributed by atoms with van der Waals surface area (Å²) in [6.45, 7) is 0. The van der Waals surface area contributed by atoms with Gasteiger partial charge in [-0.2, -0.15) is 0 Å². The largest absolute Gasteiger partial charge is 0.505 e. The van der Waals surface area contributed by atoms with Crippen molar-refractivity contribution >= 4 is 39.2 Å². The number of esters is 2. The van der Waals surface area contributed by atoms with Crippen LogP contribution < -0.4 is 0 Å². The number of hydrogen-bond donors (Lipinski definition) is 1. The van der Waals surface area contributed by atoms with Crippen molar-refractivity contribution in [3.8, 4) is 5.75 Å². The number of hydrogen-bond acceptors (Lipinski definition) is 6. The molecule has 0 aromatic carbocycles. The molecule has 1 rings (SSSR count). The first kappa shape index (κ1) is 12.0. The van der Waals surface area contributed by atoms with Gasteiger partial charge < -0.3 is 14.6 Å². The van der Waals surface area contributed by atoms with Crippen molar-refractivity contribution in [1.82, 2.24) is 0 Å². The zero-order chi connectivity index (χ0) is 11.6. The topological polar surface area (TPSA) is 72.8 Å². The first-order chi connectivity index (χ1) is 7.02. The third-order valence-electron chi connectivity index (χ3n) is 1.57. The highest BCUT2D eigenvalue weighted by molar-refractivity contribution is 9.10. The Balaban J connectivity index is 3.24. The minimum Gasteiger partial charge on any atom is -0.505 e. The Bertz CT molecular complexity index is 375. The van der Waals surface area contributed by atoms with E-state index >= 15 is 0 Å².